The molecule has 3 saturated carbocycles. The first kappa shape index (κ1) is 20.2. The molecule has 6 unspecified atom stereocenters. The van der Waals surface area contributed by atoms with Gasteiger partial charge in [0.2, 0.25) is 0 Å². The van der Waals surface area contributed by atoms with E-state index in [9.17, 15) is 0 Å². The van der Waals surface area contributed by atoms with Crippen molar-refractivity contribution in [1.82, 2.24) is 5.32 Å². The molecule has 0 bridgehead atoms. The van der Waals surface area contributed by atoms with Gasteiger partial charge in [-0.1, -0.05) is 65.7 Å². The van der Waals surface area contributed by atoms with E-state index in [1.165, 1.54) is 64.3 Å². The number of nitrogens with one attached hydrogen (secondary N) is 1. The van der Waals surface area contributed by atoms with Crippen LogP contribution < -0.4 is 5.32 Å². The van der Waals surface area contributed by atoms with E-state index in [1.54, 1.807) is 25.7 Å². The molecule has 27 heavy (non-hydrogen) atoms. The molecule has 1 aliphatic heterocycles. The molecular weight excluding hydrogens is 326 g/mol. The molecule has 1 heterocycles. The SMILES string of the molecule is CC1CCC2CCCCC2C1CC1CCCC([C@H](C)[C@H]2CCCCN2)[C@@H]1C. The monoisotopic (exact) mass is 373 g/mol. The van der Waals surface area contributed by atoms with Crippen LogP contribution in [0.2, 0.25) is 0 Å². The van der Waals surface area contributed by atoms with Gasteiger partial charge in [-0.3, -0.25) is 0 Å². The average molecular weight is 374 g/mol. The average Bonchev–Trinajstić information content (AvgIpc) is 2.71. The van der Waals surface area contributed by atoms with E-state index in [4.69, 9.17) is 0 Å². The summed E-state index contributed by atoms with van der Waals surface area (Å²) in [6, 6.07) is 0.807. The van der Waals surface area contributed by atoms with Crippen molar-refractivity contribution in [3.05, 3.63) is 0 Å². The smallest absolute Gasteiger partial charge is 0.00954 e. The van der Waals surface area contributed by atoms with Gasteiger partial charge in [-0.15, -0.1) is 0 Å². The Hall–Kier alpha value is -0.0400. The molecule has 3 aliphatic carbocycles. The van der Waals surface area contributed by atoms with Crippen molar-refractivity contribution in [2.75, 3.05) is 6.54 Å². The number of hydrogen-bond donors (Lipinski definition) is 1. The molecule has 0 aromatic carbocycles. The molecular formula is C26H47N. The third-order valence-corrected chi connectivity index (χ3v) is 10.0. The highest BCUT2D eigenvalue weighted by molar-refractivity contribution is 4.93. The summed E-state index contributed by atoms with van der Waals surface area (Å²) in [7, 11) is 0. The zero-order chi connectivity index (χ0) is 18.8. The largest absolute Gasteiger partial charge is 0.314 e. The van der Waals surface area contributed by atoms with Gasteiger partial charge in [-0.05, 0) is 92.4 Å². The topological polar surface area (TPSA) is 12.0 Å². The lowest BCUT2D eigenvalue weighted by Gasteiger charge is -2.49. The highest BCUT2D eigenvalue weighted by Crippen LogP contribution is 2.51. The molecule has 0 amide bonds. The molecule has 4 aliphatic rings. The van der Waals surface area contributed by atoms with Crippen LogP contribution in [0.4, 0.5) is 0 Å². The van der Waals surface area contributed by atoms with Gasteiger partial charge < -0.3 is 5.32 Å². The Bertz CT molecular complexity index is 453. The summed E-state index contributed by atoms with van der Waals surface area (Å²) in [6.07, 6.45) is 19.6. The highest BCUT2D eigenvalue weighted by atomic mass is 14.9. The van der Waals surface area contributed by atoms with Gasteiger partial charge in [0.05, 0.1) is 0 Å². The van der Waals surface area contributed by atoms with Gasteiger partial charge in [0.15, 0.2) is 0 Å². The second-order valence-electron chi connectivity index (χ2n) is 11.3. The van der Waals surface area contributed by atoms with Gasteiger partial charge >= 0.3 is 0 Å². The maximum Gasteiger partial charge on any atom is 0.00954 e. The van der Waals surface area contributed by atoms with E-state index in [1.807, 2.05) is 0 Å². The lowest BCUT2D eigenvalue weighted by molar-refractivity contribution is 0.0157. The summed E-state index contributed by atoms with van der Waals surface area (Å²) >= 11 is 0. The van der Waals surface area contributed by atoms with Crippen LogP contribution in [-0.4, -0.2) is 12.6 Å². The summed E-state index contributed by atoms with van der Waals surface area (Å²) in [5.41, 5.74) is 0. The second kappa shape index (κ2) is 9.19. The van der Waals surface area contributed by atoms with E-state index in [-0.39, 0.29) is 0 Å². The number of fused-ring (bicyclic) bond motifs is 1. The first-order valence-corrected chi connectivity index (χ1v) is 12.9. The van der Waals surface area contributed by atoms with Gasteiger partial charge in [0.25, 0.3) is 0 Å². The van der Waals surface area contributed by atoms with Crippen LogP contribution in [0.5, 0.6) is 0 Å². The molecule has 1 saturated heterocycles. The van der Waals surface area contributed by atoms with Gasteiger partial charge in [-0.2, -0.15) is 0 Å². The molecule has 1 heteroatoms. The fourth-order valence-electron chi connectivity index (χ4n) is 8.22. The van der Waals surface area contributed by atoms with Crippen LogP contribution in [0.15, 0.2) is 0 Å². The molecule has 0 aromatic heterocycles. The number of hydrogen-bond acceptors (Lipinski definition) is 1. The van der Waals surface area contributed by atoms with Crippen LogP contribution in [0.25, 0.3) is 0 Å². The molecule has 4 rings (SSSR count). The Morgan fingerprint density at radius 3 is 2.44 bits per heavy atom. The van der Waals surface area contributed by atoms with Crippen LogP contribution in [0.3, 0.4) is 0 Å². The van der Waals surface area contributed by atoms with Crippen molar-refractivity contribution in [2.45, 2.75) is 110 Å². The second-order valence-corrected chi connectivity index (χ2v) is 11.3. The van der Waals surface area contributed by atoms with Crippen LogP contribution in [0.1, 0.15) is 104 Å². The van der Waals surface area contributed by atoms with E-state index >= 15 is 0 Å². The van der Waals surface area contributed by atoms with Crippen molar-refractivity contribution in [3.63, 3.8) is 0 Å². The Balaban J connectivity index is 1.40. The third-order valence-electron chi connectivity index (χ3n) is 10.0. The Morgan fingerprint density at radius 1 is 0.815 bits per heavy atom. The van der Waals surface area contributed by atoms with E-state index < -0.39 is 0 Å². The van der Waals surface area contributed by atoms with Crippen molar-refractivity contribution < 1.29 is 0 Å². The molecule has 0 aromatic rings. The maximum atomic E-state index is 3.88. The maximum absolute atomic E-state index is 3.88. The van der Waals surface area contributed by atoms with Gasteiger partial charge in [-0.25, -0.2) is 0 Å². The molecule has 4 fully saturated rings. The van der Waals surface area contributed by atoms with Gasteiger partial charge in [0.1, 0.15) is 0 Å². The summed E-state index contributed by atoms with van der Waals surface area (Å²) in [4.78, 5) is 0. The lowest BCUT2D eigenvalue weighted by atomic mass is 9.57. The van der Waals surface area contributed by atoms with E-state index in [2.05, 4.69) is 26.1 Å². The molecule has 0 spiro atoms. The van der Waals surface area contributed by atoms with Crippen LogP contribution in [-0.2, 0) is 0 Å². The third kappa shape index (κ3) is 4.44. The Kier molecular flexibility index (Phi) is 6.89. The Labute approximate surface area is 169 Å². The zero-order valence-electron chi connectivity index (χ0n) is 18.6. The predicted octanol–water partition coefficient (Wildman–Crippen LogP) is 7.06. The minimum Gasteiger partial charge on any atom is -0.314 e. The minimum atomic E-state index is 0.807. The van der Waals surface area contributed by atoms with Crippen LogP contribution >= 0.6 is 0 Å². The molecule has 0 radical (unpaired) electrons. The minimum absolute atomic E-state index is 0.807. The highest BCUT2D eigenvalue weighted by Gasteiger charge is 2.42. The van der Waals surface area contributed by atoms with Crippen LogP contribution in [0, 0.1) is 47.3 Å². The first-order chi connectivity index (χ1) is 13.1. The lowest BCUT2D eigenvalue weighted by Crippen LogP contribution is -2.45. The fourth-order valence-corrected chi connectivity index (χ4v) is 8.22. The zero-order valence-corrected chi connectivity index (χ0v) is 18.6. The predicted molar refractivity (Wildman–Crippen MR) is 117 cm³/mol. The number of rotatable bonds is 4. The summed E-state index contributed by atoms with van der Waals surface area (Å²) in [5.74, 6) is 8.06. The standard InChI is InChI=1S/C26H47N/c1-18-14-15-21-9-4-5-11-24(21)25(18)17-22-10-8-12-23(19(22)2)20(3)26-13-6-7-16-27-26/h18-27H,4-17H2,1-3H3/t18?,19-,20+,21?,22?,23?,24?,25?,26-/m1/s1. The quantitative estimate of drug-likeness (QED) is 0.556. The van der Waals surface area contributed by atoms with E-state index in [0.29, 0.717) is 0 Å². The number of piperidine rings is 1. The fraction of sp³-hybridized carbons (Fsp3) is 1.00. The van der Waals surface area contributed by atoms with E-state index in [0.717, 1.165) is 53.4 Å². The summed E-state index contributed by atoms with van der Waals surface area (Å²) in [5, 5.41) is 3.88. The first-order valence-electron chi connectivity index (χ1n) is 12.9. The molecule has 1 N–H and O–H groups in total. The summed E-state index contributed by atoms with van der Waals surface area (Å²) in [6.45, 7) is 9.11. The van der Waals surface area contributed by atoms with Crippen molar-refractivity contribution in [1.29, 1.82) is 0 Å². The molecule has 156 valence electrons. The van der Waals surface area contributed by atoms with Crippen molar-refractivity contribution in [2.24, 2.45) is 47.3 Å². The summed E-state index contributed by atoms with van der Waals surface area (Å²) < 4.78 is 0. The van der Waals surface area contributed by atoms with Crippen molar-refractivity contribution >= 4 is 0 Å². The van der Waals surface area contributed by atoms with Gasteiger partial charge in [0, 0.05) is 6.04 Å². The van der Waals surface area contributed by atoms with Crippen molar-refractivity contribution in [3.8, 4) is 0 Å². The Morgan fingerprint density at radius 2 is 1.63 bits per heavy atom. The molecule has 1 nitrogen and oxygen atoms in total. The molecule has 9 atom stereocenters. The normalized spacial score (nSPS) is 47.2.